The molecular weight excluding hydrogens is 180 g/mol. The maximum atomic E-state index is 11.3. The van der Waals surface area contributed by atoms with E-state index in [1.54, 1.807) is 24.3 Å². The Balaban J connectivity index is 3.04. The number of allylic oxidation sites excluding steroid dienone is 1. The maximum absolute atomic E-state index is 11.3. The van der Waals surface area contributed by atoms with Gasteiger partial charge in [0, 0.05) is 0 Å². The molecule has 0 spiro atoms. The quantitative estimate of drug-likeness (QED) is 0.683. The summed E-state index contributed by atoms with van der Waals surface area (Å²) < 4.78 is 4.57. The molecule has 0 N–H and O–H groups in total. The van der Waals surface area contributed by atoms with E-state index in [4.69, 9.17) is 0 Å². The summed E-state index contributed by atoms with van der Waals surface area (Å²) in [6.07, 6.45) is 3.59. The first kappa shape index (κ1) is 8.69. The SMILES string of the molecule is CC=Cc1cc2ccc1c(=O)oc2=O. The average Bonchev–Trinajstić information content (AvgIpc) is 2.35. The zero-order chi connectivity index (χ0) is 10.1. The van der Waals surface area contributed by atoms with E-state index in [9.17, 15) is 9.59 Å². The van der Waals surface area contributed by atoms with Gasteiger partial charge >= 0.3 is 11.3 Å². The van der Waals surface area contributed by atoms with Gasteiger partial charge < -0.3 is 4.42 Å². The van der Waals surface area contributed by atoms with E-state index in [0.29, 0.717) is 10.8 Å². The molecule has 2 aromatic heterocycles. The molecule has 0 saturated carbocycles. The fourth-order valence-electron chi connectivity index (χ4n) is 1.39. The Morgan fingerprint density at radius 3 is 2.71 bits per heavy atom. The molecule has 14 heavy (non-hydrogen) atoms. The van der Waals surface area contributed by atoms with Crippen molar-refractivity contribution in [2.45, 2.75) is 6.92 Å². The third-order valence-electron chi connectivity index (χ3n) is 2.04. The van der Waals surface area contributed by atoms with Gasteiger partial charge in [0.2, 0.25) is 0 Å². The molecule has 0 aliphatic rings. The van der Waals surface area contributed by atoms with Crippen LogP contribution in [0.5, 0.6) is 0 Å². The fourth-order valence-corrected chi connectivity index (χ4v) is 1.39. The second-order valence-corrected chi connectivity index (χ2v) is 2.98. The number of hydrogen-bond acceptors (Lipinski definition) is 3. The molecule has 0 fully saturated rings. The van der Waals surface area contributed by atoms with Crippen LogP contribution in [0.3, 0.4) is 0 Å². The molecule has 0 amide bonds. The van der Waals surface area contributed by atoms with Crippen molar-refractivity contribution in [1.29, 1.82) is 0 Å². The average molecular weight is 188 g/mol. The number of hydrogen-bond donors (Lipinski definition) is 0. The molecular formula is C11H8O3. The minimum atomic E-state index is -0.583. The Kier molecular flexibility index (Phi) is 1.93. The number of fused-ring (bicyclic) bond motifs is 4. The van der Waals surface area contributed by atoms with Gasteiger partial charge in [0.15, 0.2) is 0 Å². The Hall–Kier alpha value is -1.90. The molecule has 3 rings (SSSR count). The monoisotopic (exact) mass is 188 g/mol. The van der Waals surface area contributed by atoms with Gasteiger partial charge in [-0.3, -0.25) is 0 Å². The van der Waals surface area contributed by atoms with Crippen LogP contribution in [0.2, 0.25) is 0 Å². The molecule has 70 valence electrons. The Labute approximate surface area is 79.6 Å². The molecule has 2 bridgehead atoms. The van der Waals surface area contributed by atoms with Crippen LogP contribution < -0.4 is 11.3 Å². The molecule has 0 saturated heterocycles. The van der Waals surface area contributed by atoms with Crippen molar-refractivity contribution in [2.75, 3.05) is 0 Å². The van der Waals surface area contributed by atoms with Gasteiger partial charge in [-0.15, -0.1) is 0 Å². The highest BCUT2D eigenvalue weighted by Crippen LogP contribution is 2.11. The predicted octanol–water partition coefficient (Wildman–Crippen LogP) is 1.62. The lowest BCUT2D eigenvalue weighted by atomic mass is 10.1. The summed E-state index contributed by atoms with van der Waals surface area (Å²) in [7, 11) is 0. The van der Waals surface area contributed by atoms with Crippen LogP contribution in [0.15, 0.2) is 38.3 Å². The summed E-state index contributed by atoms with van der Waals surface area (Å²) in [4.78, 5) is 22.6. The first-order valence-corrected chi connectivity index (χ1v) is 4.25. The van der Waals surface area contributed by atoms with Crippen LogP contribution in [0.1, 0.15) is 12.5 Å². The highest BCUT2D eigenvalue weighted by atomic mass is 16.4. The fraction of sp³-hybridized carbons (Fsp3) is 0.0909. The zero-order valence-corrected chi connectivity index (χ0v) is 7.61. The molecule has 1 aromatic carbocycles. The molecule has 0 unspecified atom stereocenters. The standard InChI is InChI=1S/C11H8O3/c1-2-3-7-6-8-4-5-9(7)11(13)14-10(8)12/h2-6H,1H3. The Morgan fingerprint density at radius 1 is 1.21 bits per heavy atom. The van der Waals surface area contributed by atoms with Gasteiger partial charge in [-0.05, 0) is 30.7 Å². The van der Waals surface area contributed by atoms with Crippen molar-refractivity contribution >= 4 is 16.8 Å². The van der Waals surface area contributed by atoms with Crippen molar-refractivity contribution in [3.05, 3.63) is 50.7 Å². The van der Waals surface area contributed by atoms with Gasteiger partial charge in [0.05, 0.1) is 10.8 Å². The number of rotatable bonds is 1. The highest BCUT2D eigenvalue weighted by Gasteiger charge is 2.04. The summed E-state index contributed by atoms with van der Waals surface area (Å²) in [5, 5.41) is 0.838. The van der Waals surface area contributed by atoms with E-state index >= 15 is 0 Å². The summed E-state index contributed by atoms with van der Waals surface area (Å²) in [6.45, 7) is 1.85. The minimum absolute atomic E-state index is 0.410. The van der Waals surface area contributed by atoms with Crippen LogP contribution in [-0.4, -0.2) is 0 Å². The third-order valence-corrected chi connectivity index (χ3v) is 2.04. The lowest BCUT2D eigenvalue weighted by molar-refractivity contribution is 0.492. The minimum Gasteiger partial charge on any atom is -0.386 e. The van der Waals surface area contributed by atoms with Gasteiger partial charge in [-0.2, -0.15) is 0 Å². The summed E-state index contributed by atoms with van der Waals surface area (Å²) in [6, 6.07) is 4.86. The Morgan fingerprint density at radius 2 is 2.00 bits per heavy atom. The van der Waals surface area contributed by atoms with Crippen LogP contribution in [-0.2, 0) is 0 Å². The zero-order valence-electron chi connectivity index (χ0n) is 7.61. The normalized spacial score (nSPS) is 11.5. The van der Waals surface area contributed by atoms with Crippen molar-refractivity contribution in [3.63, 3.8) is 0 Å². The second-order valence-electron chi connectivity index (χ2n) is 2.98. The first-order chi connectivity index (χ1) is 6.72. The van der Waals surface area contributed by atoms with E-state index in [0.717, 1.165) is 5.56 Å². The topological polar surface area (TPSA) is 47.3 Å². The number of benzene rings is 1. The first-order valence-electron chi connectivity index (χ1n) is 4.25. The molecule has 3 heteroatoms. The highest BCUT2D eigenvalue weighted by molar-refractivity contribution is 5.77. The Bertz CT molecular complexity index is 593. The molecule has 3 nitrogen and oxygen atoms in total. The summed E-state index contributed by atoms with van der Waals surface area (Å²) in [5.74, 6) is 0. The van der Waals surface area contributed by atoms with E-state index in [-0.39, 0.29) is 0 Å². The van der Waals surface area contributed by atoms with E-state index in [1.165, 1.54) is 0 Å². The van der Waals surface area contributed by atoms with Gasteiger partial charge in [-0.25, -0.2) is 9.59 Å². The van der Waals surface area contributed by atoms with Crippen molar-refractivity contribution in [1.82, 2.24) is 0 Å². The van der Waals surface area contributed by atoms with Crippen LogP contribution in [0.4, 0.5) is 0 Å². The van der Waals surface area contributed by atoms with Gasteiger partial charge in [0.25, 0.3) is 0 Å². The smallest absolute Gasteiger partial charge is 0.346 e. The van der Waals surface area contributed by atoms with Gasteiger partial charge in [-0.1, -0.05) is 12.2 Å². The molecule has 0 aliphatic carbocycles. The summed E-state index contributed by atoms with van der Waals surface area (Å²) >= 11 is 0. The molecule has 0 aliphatic heterocycles. The van der Waals surface area contributed by atoms with E-state index < -0.39 is 11.3 Å². The molecule has 3 aromatic rings. The largest absolute Gasteiger partial charge is 0.386 e. The predicted molar refractivity (Wildman–Crippen MR) is 54.6 cm³/mol. The molecule has 2 heterocycles. The lowest BCUT2D eigenvalue weighted by Gasteiger charge is -1.91. The van der Waals surface area contributed by atoms with Gasteiger partial charge in [0.1, 0.15) is 0 Å². The van der Waals surface area contributed by atoms with Crippen molar-refractivity contribution in [3.8, 4) is 0 Å². The van der Waals surface area contributed by atoms with Crippen LogP contribution in [0, 0.1) is 0 Å². The molecule has 0 atom stereocenters. The van der Waals surface area contributed by atoms with Crippen molar-refractivity contribution < 1.29 is 4.42 Å². The van der Waals surface area contributed by atoms with E-state index in [1.807, 2.05) is 13.0 Å². The van der Waals surface area contributed by atoms with E-state index in [2.05, 4.69) is 4.42 Å². The van der Waals surface area contributed by atoms with Crippen LogP contribution in [0.25, 0.3) is 16.8 Å². The maximum Gasteiger partial charge on any atom is 0.346 e. The van der Waals surface area contributed by atoms with Crippen molar-refractivity contribution in [2.24, 2.45) is 0 Å². The molecule has 0 radical (unpaired) electrons. The lowest BCUT2D eigenvalue weighted by Crippen LogP contribution is -2.02. The second kappa shape index (κ2) is 3.10. The summed E-state index contributed by atoms with van der Waals surface area (Å²) in [5.41, 5.74) is -0.440. The third kappa shape index (κ3) is 1.23. The van der Waals surface area contributed by atoms with Crippen LogP contribution >= 0.6 is 0 Å².